The molecule has 0 saturated carbocycles. The number of methoxy groups -OCH3 is 1. The molecule has 1 amide bonds. The summed E-state index contributed by atoms with van der Waals surface area (Å²) >= 11 is 0. The minimum Gasteiger partial charge on any atom is -0.497 e. The largest absolute Gasteiger partial charge is 0.497 e. The van der Waals surface area contributed by atoms with Crippen LogP contribution in [0, 0.1) is 0 Å². The number of aliphatic hydroxyl groups is 1. The molecule has 2 N–H and O–H groups in total. The highest BCUT2D eigenvalue weighted by atomic mass is 16.5. The van der Waals surface area contributed by atoms with Gasteiger partial charge in [0, 0.05) is 6.54 Å². The molecule has 1 atom stereocenters. The first-order chi connectivity index (χ1) is 11.1. The van der Waals surface area contributed by atoms with Gasteiger partial charge in [0.25, 0.3) is 5.91 Å². The molecule has 0 aliphatic heterocycles. The van der Waals surface area contributed by atoms with Crippen LogP contribution in [0.4, 0.5) is 0 Å². The van der Waals surface area contributed by atoms with Gasteiger partial charge in [0.2, 0.25) is 5.89 Å². The number of hydrogen-bond acceptors (Lipinski definition) is 6. The number of amides is 1. The van der Waals surface area contributed by atoms with Crippen molar-refractivity contribution < 1.29 is 23.8 Å². The summed E-state index contributed by atoms with van der Waals surface area (Å²) in [6.07, 6.45) is 1.31. The van der Waals surface area contributed by atoms with Gasteiger partial charge in [0.15, 0.2) is 12.3 Å². The number of rotatable bonds is 8. The molecule has 0 saturated heterocycles. The summed E-state index contributed by atoms with van der Waals surface area (Å²) in [5, 5.41) is 11.8. The zero-order valence-electron chi connectivity index (χ0n) is 13.1. The first-order valence-electron chi connectivity index (χ1n) is 7.26. The fourth-order valence-corrected chi connectivity index (χ4v) is 1.78. The highest BCUT2D eigenvalue weighted by molar-refractivity contribution is 5.91. The number of ether oxygens (including phenoxy) is 2. The molecule has 7 nitrogen and oxygen atoms in total. The van der Waals surface area contributed by atoms with E-state index in [-0.39, 0.29) is 18.2 Å². The number of aliphatic hydroxyl groups excluding tert-OH is 1. The lowest BCUT2D eigenvalue weighted by Crippen LogP contribution is -2.26. The zero-order chi connectivity index (χ0) is 16.7. The Kier molecular flexibility index (Phi) is 5.99. The van der Waals surface area contributed by atoms with Gasteiger partial charge in [-0.3, -0.25) is 4.79 Å². The Hall–Kier alpha value is -2.54. The summed E-state index contributed by atoms with van der Waals surface area (Å²) in [5.74, 6) is 1.35. The van der Waals surface area contributed by atoms with E-state index in [1.165, 1.54) is 6.26 Å². The van der Waals surface area contributed by atoms with Gasteiger partial charge < -0.3 is 24.3 Å². The Bertz CT molecular complexity index is 622. The molecule has 0 fully saturated rings. The standard InChI is InChI=1S/C16H20N2O5/c1-11(19)7-8-17-16(20)14-9-23-15(18-14)10-22-13-5-3-12(21-2)4-6-13/h3-6,9,11,19H,7-8,10H2,1-2H3,(H,17,20)/t11-/m0/s1. The molecular formula is C16H20N2O5. The minimum absolute atomic E-state index is 0.118. The van der Waals surface area contributed by atoms with E-state index in [2.05, 4.69) is 10.3 Å². The van der Waals surface area contributed by atoms with Gasteiger partial charge in [0.05, 0.1) is 13.2 Å². The lowest BCUT2D eigenvalue weighted by atomic mass is 10.3. The normalized spacial score (nSPS) is 11.8. The second kappa shape index (κ2) is 8.19. The summed E-state index contributed by atoms with van der Waals surface area (Å²) in [5.41, 5.74) is 0.184. The third-order valence-electron chi connectivity index (χ3n) is 3.05. The zero-order valence-corrected chi connectivity index (χ0v) is 13.1. The molecule has 0 unspecified atom stereocenters. The van der Waals surface area contributed by atoms with Gasteiger partial charge in [-0.25, -0.2) is 4.98 Å². The number of benzene rings is 1. The van der Waals surface area contributed by atoms with E-state index in [1.54, 1.807) is 38.3 Å². The highest BCUT2D eigenvalue weighted by Crippen LogP contribution is 2.18. The Morgan fingerprint density at radius 2 is 2.04 bits per heavy atom. The summed E-state index contributed by atoms with van der Waals surface area (Å²) in [6, 6.07) is 7.11. The maximum absolute atomic E-state index is 11.8. The summed E-state index contributed by atoms with van der Waals surface area (Å²) < 4.78 is 15.8. The number of carbonyl (C=O) groups excluding carboxylic acids is 1. The van der Waals surface area contributed by atoms with Crippen LogP contribution in [-0.2, 0) is 6.61 Å². The van der Waals surface area contributed by atoms with Crippen molar-refractivity contribution in [3.8, 4) is 11.5 Å². The van der Waals surface area contributed by atoms with Crippen molar-refractivity contribution in [2.24, 2.45) is 0 Å². The smallest absolute Gasteiger partial charge is 0.273 e. The summed E-state index contributed by atoms with van der Waals surface area (Å²) in [7, 11) is 1.59. The lowest BCUT2D eigenvalue weighted by molar-refractivity contribution is 0.0940. The van der Waals surface area contributed by atoms with E-state index >= 15 is 0 Å². The Labute approximate surface area is 134 Å². The van der Waals surface area contributed by atoms with E-state index < -0.39 is 6.10 Å². The summed E-state index contributed by atoms with van der Waals surface area (Å²) in [4.78, 5) is 15.9. The van der Waals surface area contributed by atoms with Crippen LogP contribution in [0.25, 0.3) is 0 Å². The molecule has 0 bridgehead atoms. The monoisotopic (exact) mass is 320 g/mol. The van der Waals surface area contributed by atoms with Crippen LogP contribution < -0.4 is 14.8 Å². The van der Waals surface area contributed by atoms with Crippen LogP contribution >= 0.6 is 0 Å². The Balaban J connectivity index is 1.82. The number of nitrogens with zero attached hydrogens (tertiary/aromatic N) is 1. The van der Waals surface area contributed by atoms with Gasteiger partial charge in [0.1, 0.15) is 17.8 Å². The van der Waals surface area contributed by atoms with E-state index in [0.717, 1.165) is 5.75 Å². The second-order valence-corrected chi connectivity index (χ2v) is 4.98. The van der Waals surface area contributed by atoms with E-state index in [4.69, 9.17) is 19.0 Å². The quantitative estimate of drug-likeness (QED) is 0.770. The van der Waals surface area contributed by atoms with E-state index in [9.17, 15) is 4.79 Å². The molecule has 0 spiro atoms. The molecule has 0 radical (unpaired) electrons. The molecular weight excluding hydrogens is 300 g/mol. The molecule has 1 heterocycles. The predicted octanol–water partition coefficient (Wildman–Crippen LogP) is 1.76. The fraction of sp³-hybridized carbons (Fsp3) is 0.375. The van der Waals surface area contributed by atoms with Crippen molar-refractivity contribution in [3.05, 3.63) is 42.1 Å². The molecule has 0 aliphatic carbocycles. The van der Waals surface area contributed by atoms with Crippen molar-refractivity contribution >= 4 is 5.91 Å². The lowest BCUT2D eigenvalue weighted by Gasteiger charge is -2.05. The van der Waals surface area contributed by atoms with Crippen LogP contribution in [0.1, 0.15) is 29.7 Å². The molecule has 1 aromatic carbocycles. The van der Waals surface area contributed by atoms with Crippen LogP contribution in [0.3, 0.4) is 0 Å². The van der Waals surface area contributed by atoms with Crippen molar-refractivity contribution in [3.63, 3.8) is 0 Å². The van der Waals surface area contributed by atoms with Crippen LogP contribution in [0.2, 0.25) is 0 Å². The van der Waals surface area contributed by atoms with E-state index in [1.807, 2.05) is 0 Å². The van der Waals surface area contributed by atoms with Crippen molar-refractivity contribution in [2.75, 3.05) is 13.7 Å². The maximum Gasteiger partial charge on any atom is 0.273 e. The van der Waals surface area contributed by atoms with Gasteiger partial charge in [-0.1, -0.05) is 0 Å². The topological polar surface area (TPSA) is 93.8 Å². The van der Waals surface area contributed by atoms with Gasteiger partial charge in [-0.2, -0.15) is 0 Å². The predicted molar refractivity (Wildman–Crippen MR) is 82.5 cm³/mol. The SMILES string of the molecule is COc1ccc(OCc2nc(C(=O)NCC[C@H](C)O)co2)cc1. The van der Waals surface area contributed by atoms with Gasteiger partial charge in [-0.05, 0) is 37.6 Å². The van der Waals surface area contributed by atoms with Gasteiger partial charge >= 0.3 is 0 Å². The first-order valence-corrected chi connectivity index (χ1v) is 7.26. The number of oxazole rings is 1. The number of hydrogen-bond donors (Lipinski definition) is 2. The molecule has 23 heavy (non-hydrogen) atoms. The van der Waals surface area contributed by atoms with Crippen LogP contribution in [0.15, 0.2) is 34.9 Å². The molecule has 2 aromatic rings. The third kappa shape index (κ3) is 5.30. The number of carbonyl (C=O) groups is 1. The number of aromatic nitrogens is 1. The average Bonchev–Trinajstić information content (AvgIpc) is 3.02. The van der Waals surface area contributed by atoms with Crippen molar-refractivity contribution in [1.29, 1.82) is 0 Å². The average molecular weight is 320 g/mol. The highest BCUT2D eigenvalue weighted by Gasteiger charge is 2.12. The Morgan fingerprint density at radius 3 is 2.70 bits per heavy atom. The van der Waals surface area contributed by atoms with Crippen molar-refractivity contribution in [1.82, 2.24) is 10.3 Å². The van der Waals surface area contributed by atoms with E-state index in [0.29, 0.717) is 24.6 Å². The Morgan fingerprint density at radius 1 is 1.35 bits per heavy atom. The molecule has 124 valence electrons. The van der Waals surface area contributed by atoms with Gasteiger partial charge in [-0.15, -0.1) is 0 Å². The second-order valence-electron chi connectivity index (χ2n) is 4.98. The van der Waals surface area contributed by atoms with Crippen LogP contribution in [-0.4, -0.2) is 35.8 Å². The third-order valence-corrected chi connectivity index (χ3v) is 3.05. The maximum atomic E-state index is 11.8. The fourth-order valence-electron chi connectivity index (χ4n) is 1.78. The summed E-state index contributed by atoms with van der Waals surface area (Å²) in [6.45, 7) is 2.16. The first kappa shape index (κ1) is 16.8. The van der Waals surface area contributed by atoms with Crippen LogP contribution in [0.5, 0.6) is 11.5 Å². The molecule has 2 rings (SSSR count). The molecule has 1 aromatic heterocycles. The van der Waals surface area contributed by atoms with Crippen molar-refractivity contribution in [2.45, 2.75) is 26.1 Å². The minimum atomic E-state index is -0.457. The molecule has 7 heteroatoms. The molecule has 0 aliphatic rings. The number of nitrogens with one attached hydrogen (secondary N) is 1.